The standard InChI is InChI=1S/C14H15N7O.C2HF3O2/c1-2-3-6-21-11-12(17-10(9-15)18-13(11)22)19-14(21)20-7-4-16-5-8-20;3-2(4,5)1(6)7/h16H,4-8H2,1H3,(H,17,18,22);(H,6,7). The Morgan fingerprint density at radius 1 is 1.31 bits per heavy atom. The van der Waals surface area contributed by atoms with Crippen molar-refractivity contribution in [2.24, 2.45) is 0 Å². The van der Waals surface area contributed by atoms with E-state index >= 15 is 0 Å². The summed E-state index contributed by atoms with van der Waals surface area (Å²) in [6, 6.07) is 1.84. The molecular formula is C16H16F3N7O3. The topological polar surface area (TPSA) is 140 Å². The van der Waals surface area contributed by atoms with Crippen molar-refractivity contribution in [3.05, 3.63) is 16.2 Å². The van der Waals surface area contributed by atoms with E-state index in [2.05, 4.69) is 37.0 Å². The summed E-state index contributed by atoms with van der Waals surface area (Å²) in [4.78, 5) is 34.3. The van der Waals surface area contributed by atoms with E-state index in [1.807, 2.05) is 6.07 Å². The van der Waals surface area contributed by atoms with Gasteiger partial charge in [-0.1, -0.05) is 5.92 Å². The molecule has 29 heavy (non-hydrogen) atoms. The number of imidazole rings is 1. The molecule has 3 N–H and O–H groups in total. The van der Waals surface area contributed by atoms with Gasteiger partial charge in [-0.2, -0.15) is 28.4 Å². The summed E-state index contributed by atoms with van der Waals surface area (Å²) in [5.74, 6) is 3.68. The van der Waals surface area contributed by atoms with Crippen LogP contribution < -0.4 is 15.8 Å². The third kappa shape index (κ3) is 5.24. The zero-order valence-electron chi connectivity index (χ0n) is 15.2. The van der Waals surface area contributed by atoms with E-state index in [9.17, 15) is 18.0 Å². The van der Waals surface area contributed by atoms with Crippen molar-refractivity contribution in [2.45, 2.75) is 19.6 Å². The van der Waals surface area contributed by atoms with Gasteiger partial charge in [0.05, 0.1) is 6.54 Å². The van der Waals surface area contributed by atoms with Gasteiger partial charge in [-0.3, -0.25) is 14.3 Å². The molecule has 0 unspecified atom stereocenters. The lowest BCUT2D eigenvalue weighted by molar-refractivity contribution is -0.192. The molecule has 0 aromatic carbocycles. The first-order valence-electron chi connectivity index (χ1n) is 8.25. The number of aromatic amines is 1. The molecule has 10 nitrogen and oxygen atoms in total. The number of rotatable bonds is 2. The average molecular weight is 411 g/mol. The molecule has 0 amide bonds. The van der Waals surface area contributed by atoms with Gasteiger partial charge >= 0.3 is 12.1 Å². The predicted molar refractivity (Wildman–Crippen MR) is 95.1 cm³/mol. The fourth-order valence-corrected chi connectivity index (χ4v) is 2.50. The van der Waals surface area contributed by atoms with E-state index in [1.54, 1.807) is 11.5 Å². The van der Waals surface area contributed by atoms with E-state index in [0.717, 1.165) is 26.2 Å². The quantitative estimate of drug-likeness (QED) is 0.590. The number of nitrogens with one attached hydrogen (secondary N) is 2. The molecule has 13 heteroatoms. The number of aromatic nitrogens is 4. The Balaban J connectivity index is 0.000000370. The second-order valence-electron chi connectivity index (χ2n) is 5.66. The molecule has 2 aromatic heterocycles. The maximum absolute atomic E-state index is 12.3. The van der Waals surface area contributed by atoms with Gasteiger partial charge in [0.15, 0.2) is 11.2 Å². The minimum absolute atomic E-state index is 0.0319. The van der Waals surface area contributed by atoms with Crippen molar-refractivity contribution in [1.82, 2.24) is 24.8 Å². The summed E-state index contributed by atoms with van der Waals surface area (Å²) < 4.78 is 33.5. The van der Waals surface area contributed by atoms with E-state index in [-0.39, 0.29) is 17.0 Å². The number of hydrogen-bond donors (Lipinski definition) is 3. The number of nitrogens with zero attached hydrogens (tertiary/aromatic N) is 5. The number of carboxylic acids is 1. The van der Waals surface area contributed by atoms with Gasteiger partial charge in [0.2, 0.25) is 11.8 Å². The Labute approximate surface area is 162 Å². The van der Waals surface area contributed by atoms with Crippen molar-refractivity contribution in [3.8, 4) is 17.9 Å². The number of carbonyl (C=O) groups is 1. The third-order valence-corrected chi connectivity index (χ3v) is 3.76. The molecule has 3 rings (SSSR count). The van der Waals surface area contributed by atoms with Crippen LogP contribution in [0.1, 0.15) is 12.7 Å². The molecule has 1 aliphatic rings. The van der Waals surface area contributed by atoms with Crippen LogP contribution in [0.5, 0.6) is 0 Å². The van der Waals surface area contributed by atoms with E-state index in [1.165, 1.54) is 0 Å². The van der Waals surface area contributed by atoms with E-state index in [4.69, 9.17) is 15.2 Å². The van der Waals surface area contributed by atoms with Gasteiger partial charge in [0, 0.05) is 26.2 Å². The van der Waals surface area contributed by atoms with Crippen LogP contribution in [0, 0.1) is 23.2 Å². The van der Waals surface area contributed by atoms with Crippen LogP contribution >= 0.6 is 0 Å². The minimum atomic E-state index is -5.08. The molecular weight excluding hydrogens is 395 g/mol. The van der Waals surface area contributed by atoms with Crippen LogP contribution in [0.2, 0.25) is 0 Å². The largest absolute Gasteiger partial charge is 0.490 e. The van der Waals surface area contributed by atoms with Crippen LogP contribution in [-0.2, 0) is 11.3 Å². The molecule has 0 atom stereocenters. The number of hydrogen-bond acceptors (Lipinski definition) is 7. The van der Waals surface area contributed by atoms with Gasteiger partial charge in [-0.15, -0.1) is 5.92 Å². The summed E-state index contributed by atoms with van der Waals surface area (Å²) in [7, 11) is 0. The molecule has 154 valence electrons. The van der Waals surface area contributed by atoms with Gasteiger partial charge in [-0.25, -0.2) is 4.79 Å². The molecule has 0 bridgehead atoms. The Kier molecular flexibility index (Phi) is 6.80. The number of alkyl halides is 3. The summed E-state index contributed by atoms with van der Waals surface area (Å²) >= 11 is 0. The number of carboxylic acid groups (broad SMARTS) is 1. The first-order chi connectivity index (χ1) is 13.7. The summed E-state index contributed by atoms with van der Waals surface area (Å²) in [6.45, 7) is 5.42. The summed E-state index contributed by atoms with van der Waals surface area (Å²) in [5, 5.41) is 19.3. The lowest BCUT2D eigenvalue weighted by Crippen LogP contribution is -2.44. The Hall–Kier alpha value is -3.58. The molecule has 0 aliphatic carbocycles. The first kappa shape index (κ1) is 21.7. The fourth-order valence-electron chi connectivity index (χ4n) is 2.50. The van der Waals surface area contributed by atoms with Crippen molar-refractivity contribution in [1.29, 1.82) is 5.26 Å². The van der Waals surface area contributed by atoms with Crippen LogP contribution in [0.3, 0.4) is 0 Å². The molecule has 0 radical (unpaired) electrons. The molecule has 1 fully saturated rings. The van der Waals surface area contributed by atoms with Crippen molar-refractivity contribution in [2.75, 3.05) is 31.1 Å². The van der Waals surface area contributed by atoms with E-state index in [0.29, 0.717) is 18.0 Å². The number of fused-ring (bicyclic) bond motifs is 1. The smallest absolute Gasteiger partial charge is 0.475 e. The van der Waals surface area contributed by atoms with Gasteiger partial charge in [0.1, 0.15) is 6.07 Å². The average Bonchev–Trinajstić information content (AvgIpc) is 3.05. The van der Waals surface area contributed by atoms with Crippen LogP contribution in [-0.4, -0.2) is 63.0 Å². The maximum atomic E-state index is 12.3. The van der Waals surface area contributed by atoms with Gasteiger partial charge < -0.3 is 15.3 Å². The maximum Gasteiger partial charge on any atom is 0.490 e. The Morgan fingerprint density at radius 2 is 1.93 bits per heavy atom. The number of anilines is 1. The molecule has 1 saturated heterocycles. The summed E-state index contributed by atoms with van der Waals surface area (Å²) in [5.41, 5.74) is 0.273. The highest BCUT2D eigenvalue weighted by Crippen LogP contribution is 2.19. The van der Waals surface area contributed by atoms with Crippen molar-refractivity contribution < 1.29 is 23.1 Å². The molecule has 3 heterocycles. The predicted octanol–water partition coefficient (Wildman–Crippen LogP) is 0.0575. The molecule has 2 aromatic rings. The highest BCUT2D eigenvalue weighted by Gasteiger charge is 2.38. The first-order valence-corrected chi connectivity index (χ1v) is 8.25. The van der Waals surface area contributed by atoms with Crippen molar-refractivity contribution >= 4 is 23.1 Å². The normalized spacial score (nSPS) is 13.7. The molecule has 1 aliphatic heterocycles. The zero-order chi connectivity index (χ0) is 21.6. The SMILES string of the molecule is CC#CCn1c(N2CCNCC2)nc2nc(C#N)[nH]c(=O)c21.O=C(O)C(F)(F)F. The van der Waals surface area contributed by atoms with Gasteiger partial charge in [-0.05, 0) is 6.92 Å². The Morgan fingerprint density at radius 3 is 2.45 bits per heavy atom. The molecule has 0 saturated carbocycles. The highest BCUT2D eigenvalue weighted by atomic mass is 19.4. The molecule has 0 spiro atoms. The van der Waals surface area contributed by atoms with Gasteiger partial charge in [0.25, 0.3) is 5.56 Å². The number of aliphatic carboxylic acids is 1. The Bertz CT molecular complexity index is 1050. The number of piperazine rings is 1. The van der Waals surface area contributed by atoms with Crippen LogP contribution in [0.15, 0.2) is 4.79 Å². The summed E-state index contributed by atoms with van der Waals surface area (Å²) in [6.07, 6.45) is -5.08. The fraction of sp³-hybridized carbons (Fsp3) is 0.438. The monoisotopic (exact) mass is 411 g/mol. The van der Waals surface area contributed by atoms with E-state index < -0.39 is 12.1 Å². The van der Waals surface area contributed by atoms with Crippen LogP contribution in [0.4, 0.5) is 19.1 Å². The highest BCUT2D eigenvalue weighted by molar-refractivity contribution is 5.74. The second kappa shape index (κ2) is 9.07. The third-order valence-electron chi connectivity index (χ3n) is 3.76. The number of halogens is 3. The number of H-pyrrole nitrogens is 1. The second-order valence-corrected chi connectivity index (χ2v) is 5.66. The minimum Gasteiger partial charge on any atom is -0.475 e. The lowest BCUT2D eigenvalue weighted by atomic mass is 10.4. The lowest BCUT2D eigenvalue weighted by Gasteiger charge is -2.28. The zero-order valence-corrected chi connectivity index (χ0v) is 15.2. The number of nitriles is 1. The van der Waals surface area contributed by atoms with Crippen LogP contribution in [0.25, 0.3) is 11.2 Å². The van der Waals surface area contributed by atoms with Crippen molar-refractivity contribution in [3.63, 3.8) is 0 Å².